The van der Waals surface area contributed by atoms with E-state index in [-0.39, 0.29) is 24.3 Å². The SMILES string of the molecule is O=C1CCN(C(=O)CCC2CCCO2)CCN(c2nc(-c3cc(Cl)cc(Cl)c3)no2)CCN1. The summed E-state index contributed by atoms with van der Waals surface area (Å²) >= 11 is 12.2. The molecule has 1 N–H and O–H groups in total. The number of hydrogen-bond acceptors (Lipinski definition) is 7. The van der Waals surface area contributed by atoms with Crippen LogP contribution in [0.5, 0.6) is 0 Å². The van der Waals surface area contributed by atoms with Crippen molar-refractivity contribution in [3.63, 3.8) is 0 Å². The van der Waals surface area contributed by atoms with Crippen LogP contribution in [0.3, 0.4) is 0 Å². The van der Waals surface area contributed by atoms with Crippen LogP contribution in [-0.4, -0.2) is 72.3 Å². The highest BCUT2D eigenvalue weighted by molar-refractivity contribution is 6.35. The fraction of sp³-hybridized carbons (Fsp3) is 0.545. The predicted molar refractivity (Wildman–Crippen MR) is 124 cm³/mol. The largest absolute Gasteiger partial charge is 0.378 e. The minimum atomic E-state index is -0.0893. The van der Waals surface area contributed by atoms with Crippen molar-refractivity contribution in [3.05, 3.63) is 28.2 Å². The van der Waals surface area contributed by atoms with E-state index in [1.165, 1.54) is 0 Å². The lowest BCUT2D eigenvalue weighted by Gasteiger charge is -2.28. The fourth-order valence-electron chi connectivity index (χ4n) is 4.02. The summed E-state index contributed by atoms with van der Waals surface area (Å²) < 4.78 is 11.1. The van der Waals surface area contributed by atoms with Crippen LogP contribution in [0.15, 0.2) is 22.7 Å². The van der Waals surface area contributed by atoms with Crippen LogP contribution in [0.25, 0.3) is 11.4 Å². The molecule has 11 heteroatoms. The van der Waals surface area contributed by atoms with Crippen LogP contribution in [0, 0.1) is 0 Å². The van der Waals surface area contributed by atoms with E-state index in [4.69, 9.17) is 32.5 Å². The number of rotatable bonds is 5. The second kappa shape index (κ2) is 11.2. The Morgan fingerprint density at radius 1 is 1.15 bits per heavy atom. The Hall–Kier alpha value is -2.36. The monoisotopic (exact) mass is 495 g/mol. The number of carbonyl (C=O) groups is 2. The zero-order valence-electron chi connectivity index (χ0n) is 18.3. The summed E-state index contributed by atoms with van der Waals surface area (Å²) in [4.78, 5) is 33.1. The summed E-state index contributed by atoms with van der Waals surface area (Å²) in [5, 5.41) is 7.88. The zero-order valence-corrected chi connectivity index (χ0v) is 19.8. The normalized spacial score (nSPS) is 20.1. The van der Waals surface area contributed by atoms with Crippen molar-refractivity contribution in [2.45, 2.75) is 38.2 Å². The standard InChI is InChI=1S/C22H27Cl2N5O4/c23-16-12-15(13-17(24)14-16)21-26-22(33-27-21)29-8-6-25-19(30)5-7-28(9-10-29)20(31)4-3-18-2-1-11-32-18/h12-14,18H,1-11H2,(H,25,30). The maximum absolute atomic E-state index is 12.9. The van der Waals surface area contributed by atoms with Crippen molar-refractivity contribution in [2.24, 2.45) is 0 Å². The Labute approximate surface area is 202 Å². The van der Waals surface area contributed by atoms with Gasteiger partial charge in [0.15, 0.2) is 0 Å². The van der Waals surface area contributed by atoms with Gasteiger partial charge in [-0.3, -0.25) is 9.59 Å². The van der Waals surface area contributed by atoms with Gasteiger partial charge >= 0.3 is 6.01 Å². The van der Waals surface area contributed by atoms with Gasteiger partial charge in [-0.15, -0.1) is 0 Å². The number of carbonyl (C=O) groups excluding carboxylic acids is 2. The molecule has 0 bridgehead atoms. The first-order chi connectivity index (χ1) is 16.0. The topological polar surface area (TPSA) is 101 Å². The van der Waals surface area contributed by atoms with E-state index < -0.39 is 0 Å². The molecule has 1 aromatic carbocycles. The molecule has 178 valence electrons. The number of anilines is 1. The number of halogens is 2. The van der Waals surface area contributed by atoms with E-state index in [0.717, 1.165) is 19.4 Å². The quantitative estimate of drug-likeness (QED) is 0.679. The molecule has 9 nitrogen and oxygen atoms in total. The Morgan fingerprint density at radius 2 is 1.97 bits per heavy atom. The molecule has 2 aliphatic rings. The third-order valence-corrected chi connectivity index (χ3v) is 6.25. The summed E-state index contributed by atoms with van der Waals surface area (Å²) in [5.74, 6) is 0.298. The molecular formula is C22H27Cl2N5O4. The van der Waals surface area contributed by atoms with Crippen LogP contribution in [0.1, 0.15) is 32.1 Å². The first kappa shape index (κ1) is 23.8. The van der Waals surface area contributed by atoms with Gasteiger partial charge in [0.1, 0.15) is 0 Å². The van der Waals surface area contributed by atoms with Crippen LogP contribution in [0.2, 0.25) is 10.0 Å². The summed E-state index contributed by atoms with van der Waals surface area (Å²) in [7, 11) is 0. The summed E-state index contributed by atoms with van der Waals surface area (Å²) in [6.45, 7) is 3.01. The number of nitrogens with zero attached hydrogens (tertiary/aromatic N) is 4. The summed E-state index contributed by atoms with van der Waals surface area (Å²) in [6, 6.07) is 5.35. The summed E-state index contributed by atoms with van der Waals surface area (Å²) in [6.07, 6.45) is 3.61. The van der Waals surface area contributed by atoms with Crippen molar-refractivity contribution in [1.29, 1.82) is 0 Å². The van der Waals surface area contributed by atoms with Crippen molar-refractivity contribution in [1.82, 2.24) is 20.4 Å². The zero-order chi connectivity index (χ0) is 23.2. The highest BCUT2D eigenvalue weighted by Crippen LogP contribution is 2.27. The summed E-state index contributed by atoms with van der Waals surface area (Å²) in [5.41, 5.74) is 0.641. The molecule has 2 aliphatic heterocycles. The lowest BCUT2D eigenvalue weighted by atomic mass is 10.1. The van der Waals surface area contributed by atoms with Gasteiger partial charge in [-0.25, -0.2) is 0 Å². The van der Waals surface area contributed by atoms with Crippen LogP contribution < -0.4 is 10.2 Å². The third-order valence-electron chi connectivity index (χ3n) is 5.82. The van der Waals surface area contributed by atoms with Gasteiger partial charge in [0, 0.05) is 67.8 Å². The van der Waals surface area contributed by atoms with Gasteiger partial charge in [-0.2, -0.15) is 4.98 Å². The van der Waals surface area contributed by atoms with Crippen molar-refractivity contribution < 1.29 is 18.8 Å². The molecular weight excluding hydrogens is 469 g/mol. The molecule has 1 unspecified atom stereocenters. The molecule has 0 aliphatic carbocycles. The number of hydrogen-bond donors (Lipinski definition) is 1. The highest BCUT2D eigenvalue weighted by atomic mass is 35.5. The molecule has 0 saturated carbocycles. The molecule has 2 fully saturated rings. The van der Waals surface area contributed by atoms with Gasteiger partial charge < -0.3 is 24.4 Å². The molecule has 0 radical (unpaired) electrons. The van der Waals surface area contributed by atoms with Gasteiger partial charge in [-0.05, 0) is 37.5 Å². The first-order valence-corrected chi connectivity index (χ1v) is 11.9. The van der Waals surface area contributed by atoms with Crippen LogP contribution in [0.4, 0.5) is 6.01 Å². The van der Waals surface area contributed by atoms with E-state index in [1.54, 1.807) is 23.1 Å². The molecule has 2 saturated heterocycles. The van der Waals surface area contributed by atoms with Crippen LogP contribution in [-0.2, 0) is 14.3 Å². The average Bonchev–Trinajstić information content (AvgIpc) is 3.48. The second-order valence-electron chi connectivity index (χ2n) is 8.20. The molecule has 1 atom stereocenters. The number of benzene rings is 1. The molecule has 1 aromatic heterocycles. The number of aromatic nitrogens is 2. The van der Waals surface area contributed by atoms with Gasteiger partial charge in [0.25, 0.3) is 0 Å². The Balaban J connectivity index is 1.44. The van der Waals surface area contributed by atoms with E-state index in [2.05, 4.69) is 15.5 Å². The first-order valence-electron chi connectivity index (χ1n) is 11.2. The highest BCUT2D eigenvalue weighted by Gasteiger charge is 2.23. The molecule has 2 aromatic rings. The second-order valence-corrected chi connectivity index (χ2v) is 9.07. The number of amides is 2. The van der Waals surface area contributed by atoms with Crippen molar-refractivity contribution >= 4 is 41.0 Å². The van der Waals surface area contributed by atoms with E-state index in [0.29, 0.717) is 73.0 Å². The molecule has 0 spiro atoms. The Kier molecular flexibility index (Phi) is 8.06. The van der Waals surface area contributed by atoms with E-state index >= 15 is 0 Å². The minimum absolute atomic E-state index is 0.0265. The maximum atomic E-state index is 12.9. The van der Waals surface area contributed by atoms with E-state index in [1.807, 2.05) is 4.90 Å². The van der Waals surface area contributed by atoms with Crippen molar-refractivity contribution in [3.8, 4) is 11.4 Å². The molecule has 33 heavy (non-hydrogen) atoms. The average molecular weight is 496 g/mol. The number of nitrogens with one attached hydrogen (secondary N) is 1. The van der Waals surface area contributed by atoms with Crippen LogP contribution >= 0.6 is 23.2 Å². The molecule has 3 heterocycles. The number of ether oxygens (including phenoxy) is 1. The lowest BCUT2D eigenvalue weighted by Crippen LogP contribution is -2.45. The molecule has 4 rings (SSSR count). The molecule has 2 amide bonds. The van der Waals surface area contributed by atoms with E-state index in [9.17, 15) is 9.59 Å². The lowest BCUT2D eigenvalue weighted by molar-refractivity contribution is -0.132. The van der Waals surface area contributed by atoms with Gasteiger partial charge in [-0.1, -0.05) is 28.4 Å². The van der Waals surface area contributed by atoms with Crippen molar-refractivity contribution in [2.75, 3.05) is 44.2 Å². The Bertz CT molecular complexity index is 959. The van der Waals surface area contributed by atoms with Gasteiger partial charge in [0.2, 0.25) is 17.6 Å². The Morgan fingerprint density at radius 3 is 2.73 bits per heavy atom. The predicted octanol–water partition coefficient (Wildman–Crippen LogP) is 3.16. The fourth-order valence-corrected chi connectivity index (χ4v) is 4.55. The minimum Gasteiger partial charge on any atom is -0.378 e. The maximum Gasteiger partial charge on any atom is 0.324 e. The third kappa shape index (κ3) is 6.59. The van der Waals surface area contributed by atoms with Gasteiger partial charge in [0.05, 0.1) is 6.10 Å². The smallest absolute Gasteiger partial charge is 0.324 e.